The molecule has 112 valence electrons. The fourth-order valence-electron chi connectivity index (χ4n) is 4.25. The molecule has 2 bridgehead atoms. The van der Waals surface area contributed by atoms with Crippen molar-refractivity contribution in [3.8, 4) is 0 Å². The lowest BCUT2D eigenvalue weighted by atomic mass is 9.57. The van der Waals surface area contributed by atoms with Gasteiger partial charge in [0, 0.05) is 17.9 Å². The van der Waals surface area contributed by atoms with Gasteiger partial charge >= 0.3 is 5.97 Å². The molecule has 0 amide bonds. The fraction of sp³-hybridized carbons (Fsp3) is 0.316. The number of hydrogen-bond donors (Lipinski definition) is 1. The topological polar surface area (TPSA) is 52.3 Å². The van der Waals surface area contributed by atoms with Crippen LogP contribution in [0.4, 0.5) is 0 Å². The van der Waals surface area contributed by atoms with Gasteiger partial charge < -0.3 is 10.5 Å². The van der Waals surface area contributed by atoms with Crippen molar-refractivity contribution in [3.05, 3.63) is 70.8 Å². The SMILES string of the molecule is CCOC(=O)C1C2c3ccccc3C(c3ccccc32)C1N. The highest BCUT2D eigenvalue weighted by Crippen LogP contribution is 2.54. The number of esters is 1. The Bertz CT molecular complexity index is 692. The number of carbonyl (C=O) groups excluding carboxylic acids is 1. The molecule has 3 heteroatoms. The third-order valence-electron chi connectivity index (χ3n) is 5.05. The molecule has 0 aliphatic heterocycles. The maximum atomic E-state index is 12.5. The average Bonchev–Trinajstić information content (AvgIpc) is 2.55. The van der Waals surface area contributed by atoms with E-state index in [2.05, 4.69) is 24.3 Å². The zero-order valence-electron chi connectivity index (χ0n) is 12.5. The van der Waals surface area contributed by atoms with E-state index in [1.165, 1.54) is 22.3 Å². The predicted octanol–water partition coefficient (Wildman–Crippen LogP) is 2.78. The summed E-state index contributed by atoms with van der Waals surface area (Å²) in [6.45, 7) is 2.23. The molecule has 22 heavy (non-hydrogen) atoms. The fourth-order valence-corrected chi connectivity index (χ4v) is 4.25. The van der Waals surface area contributed by atoms with E-state index >= 15 is 0 Å². The number of carbonyl (C=O) groups is 1. The molecule has 3 aliphatic carbocycles. The molecule has 0 radical (unpaired) electrons. The summed E-state index contributed by atoms with van der Waals surface area (Å²) in [5, 5.41) is 0. The second-order valence-electron chi connectivity index (χ2n) is 6.07. The summed E-state index contributed by atoms with van der Waals surface area (Å²) >= 11 is 0. The Morgan fingerprint density at radius 3 is 1.86 bits per heavy atom. The zero-order valence-corrected chi connectivity index (χ0v) is 12.5. The molecule has 0 heterocycles. The van der Waals surface area contributed by atoms with Crippen LogP contribution in [-0.4, -0.2) is 18.6 Å². The first-order chi connectivity index (χ1) is 10.7. The van der Waals surface area contributed by atoms with Crippen LogP contribution >= 0.6 is 0 Å². The second-order valence-corrected chi connectivity index (χ2v) is 6.07. The van der Waals surface area contributed by atoms with Crippen molar-refractivity contribution in [2.24, 2.45) is 11.7 Å². The van der Waals surface area contributed by atoms with Crippen molar-refractivity contribution in [2.75, 3.05) is 6.61 Å². The first kappa shape index (κ1) is 13.5. The third-order valence-corrected chi connectivity index (χ3v) is 5.05. The highest BCUT2D eigenvalue weighted by Gasteiger charge is 2.51. The van der Waals surface area contributed by atoms with Crippen molar-refractivity contribution < 1.29 is 9.53 Å². The number of nitrogens with two attached hydrogens (primary N) is 1. The Morgan fingerprint density at radius 2 is 1.41 bits per heavy atom. The van der Waals surface area contributed by atoms with Gasteiger partial charge in [-0.15, -0.1) is 0 Å². The Labute approximate surface area is 130 Å². The molecule has 3 nitrogen and oxygen atoms in total. The van der Waals surface area contributed by atoms with Crippen LogP contribution in [0, 0.1) is 5.92 Å². The van der Waals surface area contributed by atoms with Gasteiger partial charge in [0.05, 0.1) is 12.5 Å². The van der Waals surface area contributed by atoms with Crippen molar-refractivity contribution in [2.45, 2.75) is 24.8 Å². The van der Waals surface area contributed by atoms with E-state index < -0.39 is 0 Å². The third kappa shape index (κ3) is 1.69. The minimum atomic E-state index is -0.297. The summed E-state index contributed by atoms with van der Waals surface area (Å²) in [7, 11) is 0. The van der Waals surface area contributed by atoms with Gasteiger partial charge in [-0.25, -0.2) is 0 Å². The highest BCUT2D eigenvalue weighted by atomic mass is 16.5. The molecule has 3 aliphatic rings. The number of hydrogen-bond acceptors (Lipinski definition) is 3. The van der Waals surface area contributed by atoms with Crippen LogP contribution in [0.1, 0.15) is 41.0 Å². The van der Waals surface area contributed by atoms with Gasteiger partial charge in [0.2, 0.25) is 0 Å². The molecule has 2 N–H and O–H groups in total. The van der Waals surface area contributed by atoms with Crippen LogP contribution in [0.25, 0.3) is 0 Å². The molecule has 0 aromatic heterocycles. The van der Waals surface area contributed by atoms with Gasteiger partial charge in [-0.3, -0.25) is 4.79 Å². The maximum absolute atomic E-state index is 12.5. The molecular weight excluding hydrogens is 274 g/mol. The minimum absolute atomic E-state index is 0.00597. The summed E-state index contributed by atoms with van der Waals surface area (Å²) < 4.78 is 5.32. The van der Waals surface area contributed by atoms with Crippen LogP contribution < -0.4 is 5.73 Å². The van der Waals surface area contributed by atoms with Gasteiger partial charge in [-0.05, 0) is 29.2 Å². The predicted molar refractivity (Wildman–Crippen MR) is 84.7 cm³/mol. The quantitative estimate of drug-likeness (QED) is 0.866. The summed E-state index contributed by atoms with van der Waals surface area (Å²) in [5.41, 5.74) is 11.5. The normalized spacial score (nSPS) is 27.9. The smallest absolute Gasteiger partial charge is 0.311 e. The van der Waals surface area contributed by atoms with Crippen molar-refractivity contribution >= 4 is 5.97 Å². The Morgan fingerprint density at radius 1 is 0.955 bits per heavy atom. The van der Waals surface area contributed by atoms with E-state index in [0.717, 1.165) is 0 Å². The van der Waals surface area contributed by atoms with Crippen molar-refractivity contribution in [1.29, 1.82) is 0 Å². The number of rotatable bonds is 2. The monoisotopic (exact) mass is 293 g/mol. The molecule has 2 atom stereocenters. The molecule has 2 aromatic rings. The summed E-state index contributed by atoms with van der Waals surface area (Å²) in [6.07, 6.45) is 0. The van der Waals surface area contributed by atoms with Gasteiger partial charge in [0.1, 0.15) is 0 Å². The molecule has 5 rings (SSSR count). The Balaban J connectivity index is 1.94. The van der Waals surface area contributed by atoms with Crippen molar-refractivity contribution in [1.82, 2.24) is 0 Å². The minimum Gasteiger partial charge on any atom is -0.466 e. The summed E-state index contributed by atoms with van der Waals surface area (Å²) in [5.74, 6) is -0.387. The molecular formula is C19H19NO2. The van der Waals surface area contributed by atoms with E-state index in [-0.39, 0.29) is 29.8 Å². The van der Waals surface area contributed by atoms with Gasteiger partial charge in [-0.2, -0.15) is 0 Å². The van der Waals surface area contributed by atoms with E-state index in [9.17, 15) is 4.79 Å². The van der Waals surface area contributed by atoms with Crippen LogP contribution in [0.2, 0.25) is 0 Å². The van der Waals surface area contributed by atoms with Crippen molar-refractivity contribution in [3.63, 3.8) is 0 Å². The number of benzene rings is 2. The average molecular weight is 293 g/mol. The van der Waals surface area contributed by atoms with E-state index in [4.69, 9.17) is 10.5 Å². The second kappa shape index (κ2) is 4.96. The lowest BCUT2D eigenvalue weighted by Gasteiger charge is -2.48. The first-order valence-electron chi connectivity index (χ1n) is 7.84. The molecule has 2 unspecified atom stereocenters. The standard InChI is InChI=1S/C19H19NO2/c1-2-22-19(21)17-15-11-7-3-5-9-13(11)16(18(17)20)14-10-6-4-8-12(14)15/h3-10,15-18H,2,20H2,1H3. The largest absolute Gasteiger partial charge is 0.466 e. The Hall–Kier alpha value is -2.13. The molecule has 0 spiro atoms. The van der Waals surface area contributed by atoms with E-state index in [1.807, 2.05) is 31.2 Å². The molecule has 0 fully saturated rings. The zero-order chi connectivity index (χ0) is 15.3. The molecule has 2 aromatic carbocycles. The highest BCUT2D eigenvalue weighted by molar-refractivity contribution is 5.79. The maximum Gasteiger partial charge on any atom is 0.311 e. The van der Waals surface area contributed by atoms with Gasteiger partial charge in [0.25, 0.3) is 0 Å². The van der Waals surface area contributed by atoms with Crippen LogP contribution in [0.15, 0.2) is 48.5 Å². The summed E-state index contributed by atoms with van der Waals surface area (Å²) in [6, 6.07) is 16.5. The van der Waals surface area contributed by atoms with Crippen LogP contribution in [0.5, 0.6) is 0 Å². The number of fused-ring (bicyclic) bond motifs is 1. The van der Waals surface area contributed by atoms with Gasteiger partial charge in [-0.1, -0.05) is 48.5 Å². The molecule has 0 saturated carbocycles. The summed E-state index contributed by atoms with van der Waals surface area (Å²) in [4.78, 5) is 12.5. The van der Waals surface area contributed by atoms with Gasteiger partial charge in [0.15, 0.2) is 0 Å². The Kier molecular flexibility index (Phi) is 3.05. The van der Waals surface area contributed by atoms with E-state index in [1.54, 1.807) is 0 Å². The molecule has 0 saturated heterocycles. The number of ether oxygens (including phenoxy) is 1. The van der Waals surface area contributed by atoms with Crippen LogP contribution in [0.3, 0.4) is 0 Å². The lowest BCUT2D eigenvalue weighted by molar-refractivity contribution is -0.150. The van der Waals surface area contributed by atoms with E-state index in [0.29, 0.717) is 6.61 Å². The van der Waals surface area contributed by atoms with Crippen LogP contribution in [-0.2, 0) is 9.53 Å². The first-order valence-corrected chi connectivity index (χ1v) is 7.84. The lowest BCUT2D eigenvalue weighted by Crippen LogP contribution is -2.52.